The molecule has 0 saturated heterocycles. The molecule has 1 fully saturated rings. The van der Waals surface area contributed by atoms with Gasteiger partial charge in [0.1, 0.15) is 0 Å². The highest BCUT2D eigenvalue weighted by atomic mass is 15.0. The lowest BCUT2D eigenvalue weighted by molar-refractivity contribution is 0.267. The van der Waals surface area contributed by atoms with Gasteiger partial charge in [-0.1, -0.05) is 6.92 Å². The first-order valence-corrected chi connectivity index (χ1v) is 3.71. The Labute approximate surface area is 57.8 Å². The van der Waals surface area contributed by atoms with Crippen molar-refractivity contribution in [2.75, 3.05) is 7.05 Å². The second-order valence-corrected chi connectivity index (χ2v) is 3.94. The summed E-state index contributed by atoms with van der Waals surface area (Å²) in [6.07, 6.45) is 2.78. The molecule has 1 aliphatic carbocycles. The lowest BCUT2D eigenvalue weighted by Gasteiger charge is -2.31. The standard InChI is InChI=1S/C8H17N/c1-7(2,9-4)8(3)5-6-8/h9H,5-6H2,1-4H3. The van der Waals surface area contributed by atoms with Gasteiger partial charge in [0.05, 0.1) is 0 Å². The van der Waals surface area contributed by atoms with Crippen molar-refractivity contribution in [1.29, 1.82) is 0 Å². The van der Waals surface area contributed by atoms with Gasteiger partial charge in [-0.05, 0) is 39.2 Å². The molecule has 0 aromatic rings. The predicted molar refractivity (Wildman–Crippen MR) is 40.5 cm³/mol. The Morgan fingerprint density at radius 1 is 1.33 bits per heavy atom. The number of hydrogen-bond donors (Lipinski definition) is 1. The van der Waals surface area contributed by atoms with Gasteiger partial charge in [-0.2, -0.15) is 0 Å². The summed E-state index contributed by atoms with van der Waals surface area (Å²) in [5.41, 5.74) is 0.925. The lowest BCUT2D eigenvalue weighted by atomic mass is 9.86. The summed E-state index contributed by atoms with van der Waals surface area (Å²) in [4.78, 5) is 0. The van der Waals surface area contributed by atoms with E-state index in [2.05, 4.69) is 26.1 Å². The largest absolute Gasteiger partial charge is 0.314 e. The van der Waals surface area contributed by atoms with Crippen molar-refractivity contribution in [1.82, 2.24) is 5.32 Å². The van der Waals surface area contributed by atoms with E-state index in [-0.39, 0.29) is 0 Å². The van der Waals surface area contributed by atoms with Gasteiger partial charge in [0.2, 0.25) is 0 Å². The first-order chi connectivity index (χ1) is 4.02. The molecule has 0 unspecified atom stereocenters. The Bertz CT molecular complexity index is 112. The zero-order chi connectivity index (χ0) is 7.12. The Morgan fingerprint density at radius 3 is 1.89 bits per heavy atom. The summed E-state index contributed by atoms with van der Waals surface area (Å²) >= 11 is 0. The van der Waals surface area contributed by atoms with E-state index in [1.54, 1.807) is 0 Å². The van der Waals surface area contributed by atoms with Gasteiger partial charge in [-0.3, -0.25) is 0 Å². The Kier molecular flexibility index (Phi) is 1.35. The second kappa shape index (κ2) is 1.72. The van der Waals surface area contributed by atoms with E-state index in [4.69, 9.17) is 0 Å². The molecular formula is C8H17N. The molecule has 0 amide bonds. The molecule has 1 rings (SSSR count). The highest BCUT2D eigenvalue weighted by molar-refractivity contribution is 5.04. The van der Waals surface area contributed by atoms with Gasteiger partial charge in [0.25, 0.3) is 0 Å². The third-order valence-corrected chi connectivity index (χ3v) is 3.13. The number of rotatable bonds is 2. The van der Waals surface area contributed by atoms with Crippen molar-refractivity contribution in [2.24, 2.45) is 5.41 Å². The molecule has 1 aliphatic rings. The van der Waals surface area contributed by atoms with Crippen LogP contribution in [-0.2, 0) is 0 Å². The van der Waals surface area contributed by atoms with E-state index < -0.39 is 0 Å². The minimum atomic E-state index is 0.340. The molecule has 0 radical (unpaired) electrons. The minimum absolute atomic E-state index is 0.340. The summed E-state index contributed by atoms with van der Waals surface area (Å²) in [6, 6.07) is 0. The normalized spacial score (nSPS) is 24.0. The van der Waals surface area contributed by atoms with E-state index in [1.165, 1.54) is 12.8 Å². The van der Waals surface area contributed by atoms with E-state index in [1.807, 2.05) is 7.05 Å². The van der Waals surface area contributed by atoms with Gasteiger partial charge in [0, 0.05) is 5.54 Å². The van der Waals surface area contributed by atoms with Gasteiger partial charge in [-0.15, -0.1) is 0 Å². The van der Waals surface area contributed by atoms with Crippen LogP contribution in [0.5, 0.6) is 0 Å². The van der Waals surface area contributed by atoms with Crippen LogP contribution in [0.1, 0.15) is 33.6 Å². The molecule has 1 nitrogen and oxygen atoms in total. The Balaban J connectivity index is 2.58. The maximum absolute atomic E-state index is 3.34. The fraction of sp³-hybridized carbons (Fsp3) is 1.00. The maximum atomic E-state index is 3.34. The third-order valence-electron chi connectivity index (χ3n) is 3.13. The van der Waals surface area contributed by atoms with Crippen LogP contribution in [0.25, 0.3) is 0 Å². The van der Waals surface area contributed by atoms with Crippen LogP contribution < -0.4 is 5.32 Å². The highest BCUT2D eigenvalue weighted by Crippen LogP contribution is 2.53. The molecule has 0 aliphatic heterocycles. The molecular weight excluding hydrogens is 110 g/mol. The monoisotopic (exact) mass is 127 g/mol. The molecule has 0 aromatic heterocycles. The fourth-order valence-corrected chi connectivity index (χ4v) is 1.11. The second-order valence-electron chi connectivity index (χ2n) is 3.94. The van der Waals surface area contributed by atoms with Crippen LogP contribution >= 0.6 is 0 Å². The van der Waals surface area contributed by atoms with E-state index in [0.717, 1.165) is 0 Å². The van der Waals surface area contributed by atoms with Crippen molar-refractivity contribution in [3.05, 3.63) is 0 Å². The van der Waals surface area contributed by atoms with Gasteiger partial charge in [-0.25, -0.2) is 0 Å². The number of nitrogens with one attached hydrogen (secondary N) is 1. The van der Waals surface area contributed by atoms with Crippen molar-refractivity contribution in [2.45, 2.75) is 39.2 Å². The SMILES string of the molecule is CNC(C)(C)C1(C)CC1. The molecule has 9 heavy (non-hydrogen) atoms. The Hall–Kier alpha value is -0.0400. The topological polar surface area (TPSA) is 12.0 Å². The van der Waals surface area contributed by atoms with E-state index >= 15 is 0 Å². The average molecular weight is 127 g/mol. The van der Waals surface area contributed by atoms with Crippen LogP contribution in [0.3, 0.4) is 0 Å². The van der Waals surface area contributed by atoms with Crippen LogP contribution in [0, 0.1) is 5.41 Å². The maximum Gasteiger partial charge on any atom is 0.0175 e. The van der Waals surface area contributed by atoms with Crippen LogP contribution in [-0.4, -0.2) is 12.6 Å². The van der Waals surface area contributed by atoms with Crippen molar-refractivity contribution >= 4 is 0 Å². The van der Waals surface area contributed by atoms with Crippen LogP contribution in [0.4, 0.5) is 0 Å². The lowest BCUT2D eigenvalue weighted by Crippen LogP contribution is -2.43. The molecule has 1 heteroatoms. The molecule has 1 N–H and O–H groups in total. The molecule has 54 valence electrons. The summed E-state index contributed by atoms with van der Waals surface area (Å²) in [5, 5.41) is 3.34. The zero-order valence-electron chi connectivity index (χ0n) is 6.91. The molecule has 0 aromatic carbocycles. The van der Waals surface area contributed by atoms with Gasteiger partial charge < -0.3 is 5.32 Å². The smallest absolute Gasteiger partial charge is 0.0175 e. The Morgan fingerprint density at radius 2 is 1.78 bits per heavy atom. The summed E-state index contributed by atoms with van der Waals surface area (Å²) in [6.45, 7) is 6.91. The summed E-state index contributed by atoms with van der Waals surface area (Å²) in [7, 11) is 2.05. The quantitative estimate of drug-likeness (QED) is 0.596. The first kappa shape index (κ1) is 7.07. The third kappa shape index (κ3) is 0.983. The van der Waals surface area contributed by atoms with E-state index in [0.29, 0.717) is 11.0 Å². The molecule has 0 heterocycles. The number of hydrogen-bond acceptors (Lipinski definition) is 1. The van der Waals surface area contributed by atoms with E-state index in [9.17, 15) is 0 Å². The average Bonchev–Trinajstić information content (AvgIpc) is 2.49. The zero-order valence-corrected chi connectivity index (χ0v) is 6.91. The fourth-order valence-electron chi connectivity index (χ4n) is 1.11. The highest BCUT2D eigenvalue weighted by Gasteiger charge is 2.49. The predicted octanol–water partition coefficient (Wildman–Crippen LogP) is 1.78. The molecule has 0 atom stereocenters. The van der Waals surface area contributed by atoms with Gasteiger partial charge in [0.15, 0.2) is 0 Å². The van der Waals surface area contributed by atoms with Crippen molar-refractivity contribution in [3.8, 4) is 0 Å². The van der Waals surface area contributed by atoms with Crippen molar-refractivity contribution < 1.29 is 0 Å². The van der Waals surface area contributed by atoms with Gasteiger partial charge >= 0.3 is 0 Å². The summed E-state index contributed by atoms with van der Waals surface area (Å²) in [5.74, 6) is 0. The minimum Gasteiger partial charge on any atom is -0.314 e. The van der Waals surface area contributed by atoms with Crippen molar-refractivity contribution in [3.63, 3.8) is 0 Å². The molecule has 0 spiro atoms. The summed E-state index contributed by atoms with van der Waals surface area (Å²) < 4.78 is 0. The molecule has 1 saturated carbocycles. The first-order valence-electron chi connectivity index (χ1n) is 3.71. The molecule has 0 bridgehead atoms. The van der Waals surface area contributed by atoms with Crippen LogP contribution in [0.15, 0.2) is 0 Å². The van der Waals surface area contributed by atoms with Crippen LogP contribution in [0.2, 0.25) is 0 Å².